The molecule has 13 aromatic rings. The van der Waals surface area contributed by atoms with E-state index in [2.05, 4.69) is 167 Å². The molecule has 0 fully saturated rings. The van der Waals surface area contributed by atoms with E-state index in [0.29, 0.717) is 0 Å². The van der Waals surface area contributed by atoms with Crippen LogP contribution in [0.4, 0.5) is 0 Å². The summed E-state index contributed by atoms with van der Waals surface area (Å²) in [6.45, 7) is 0. The SMILES string of the molecule is c1ccc2c(c1)sc1c(-c3ccc4c5c3c3ccccc3n5c3ccc(-c5cccc6c5sc5ccccc56)c5c6ccccc6n4c53)cccc12. The van der Waals surface area contributed by atoms with E-state index in [1.165, 1.54) is 117 Å². The first-order chi connectivity index (χ1) is 25.8. The van der Waals surface area contributed by atoms with Gasteiger partial charge in [-0.2, -0.15) is 0 Å². The van der Waals surface area contributed by atoms with Crippen LogP contribution in [0.3, 0.4) is 0 Å². The average molecular weight is 695 g/mol. The third kappa shape index (κ3) is 3.31. The predicted octanol–water partition coefficient (Wildman–Crippen LogP) is 14.3. The van der Waals surface area contributed by atoms with Gasteiger partial charge in [-0.3, -0.25) is 0 Å². The molecule has 0 saturated heterocycles. The van der Waals surface area contributed by atoms with Crippen molar-refractivity contribution in [2.75, 3.05) is 0 Å². The highest BCUT2D eigenvalue weighted by molar-refractivity contribution is 7.26. The Morgan fingerprint density at radius 1 is 0.288 bits per heavy atom. The normalized spacial score (nSPS) is 12.6. The lowest BCUT2D eigenvalue weighted by Crippen LogP contribution is -1.98. The molecular formula is C48H26N2S2. The van der Waals surface area contributed by atoms with Gasteiger partial charge in [-0.25, -0.2) is 0 Å². The molecule has 0 aliphatic rings. The Labute approximate surface area is 304 Å². The van der Waals surface area contributed by atoms with Crippen LogP contribution in [-0.4, -0.2) is 8.80 Å². The van der Waals surface area contributed by atoms with Gasteiger partial charge >= 0.3 is 0 Å². The predicted molar refractivity (Wildman–Crippen MR) is 226 cm³/mol. The van der Waals surface area contributed by atoms with Gasteiger partial charge in [-0.1, -0.05) is 121 Å². The molecule has 0 saturated carbocycles. The van der Waals surface area contributed by atoms with Crippen LogP contribution in [0.25, 0.3) is 117 Å². The third-order valence-electron chi connectivity index (χ3n) is 11.5. The average Bonchev–Trinajstić information content (AvgIpc) is 3.96. The van der Waals surface area contributed by atoms with Crippen molar-refractivity contribution < 1.29 is 0 Å². The third-order valence-corrected chi connectivity index (χ3v) is 13.9. The zero-order valence-corrected chi connectivity index (χ0v) is 29.4. The number of fused-ring (bicyclic) bond motifs is 14. The van der Waals surface area contributed by atoms with Crippen LogP contribution in [0.15, 0.2) is 158 Å². The summed E-state index contributed by atoms with van der Waals surface area (Å²) in [6.07, 6.45) is 0. The molecule has 2 nitrogen and oxygen atoms in total. The van der Waals surface area contributed by atoms with Crippen LogP contribution in [-0.2, 0) is 0 Å². The van der Waals surface area contributed by atoms with Crippen LogP contribution in [0.5, 0.6) is 0 Å². The monoisotopic (exact) mass is 694 g/mol. The van der Waals surface area contributed by atoms with Crippen molar-refractivity contribution in [3.63, 3.8) is 0 Å². The summed E-state index contributed by atoms with van der Waals surface area (Å²) < 4.78 is 10.5. The summed E-state index contributed by atoms with van der Waals surface area (Å²) in [4.78, 5) is 0. The summed E-state index contributed by atoms with van der Waals surface area (Å²) >= 11 is 3.81. The standard InChI is InChI=1S/C48H26N2S2/c1-5-19-37-35(13-1)43-29(33-17-9-15-31-27-11-3-7-21-41(27)51-47(31)33)23-25-39-45(43)49(37)40-26-24-30(44-36-14-2-6-20-38(36)50(39)46(40)44)34-18-10-16-32-28-12-4-8-22-42(28)52-48(32)34/h1-26H. The zero-order valence-electron chi connectivity index (χ0n) is 27.7. The maximum absolute atomic E-state index is 2.56. The molecule has 0 radical (unpaired) electrons. The molecule has 0 atom stereocenters. The van der Waals surface area contributed by atoms with Gasteiger partial charge in [0.15, 0.2) is 0 Å². The van der Waals surface area contributed by atoms with Crippen molar-refractivity contribution in [3.05, 3.63) is 158 Å². The fraction of sp³-hybridized carbons (Fsp3) is 0. The maximum Gasteiger partial charge on any atom is 0.0789 e. The molecule has 8 aromatic carbocycles. The van der Waals surface area contributed by atoms with Crippen molar-refractivity contribution in [1.82, 2.24) is 8.80 Å². The Hall–Kier alpha value is -6.20. The maximum atomic E-state index is 2.56. The van der Waals surface area contributed by atoms with Crippen molar-refractivity contribution in [2.24, 2.45) is 0 Å². The number of rotatable bonds is 2. The highest BCUT2D eigenvalue weighted by Gasteiger charge is 2.25. The number of hydrogen-bond donors (Lipinski definition) is 0. The summed E-state index contributed by atoms with van der Waals surface area (Å²) in [5, 5.41) is 10.5. The largest absolute Gasteiger partial charge is 0.305 e. The molecule has 0 spiro atoms. The number of aromatic nitrogens is 2. The van der Waals surface area contributed by atoms with E-state index in [0.717, 1.165) is 0 Å². The molecule has 0 bridgehead atoms. The number of thiophene rings is 2. The first kappa shape index (κ1) is 27.5. The summed E-state index contributed by atoms with van der Waals surface area (Å²) in [5.41, 5.74) is 12.7. The van der Waals surface area contributed by atoms with Crippen LogP contribution in [0, 0.1) is 0 Å². The van der Waals surface area contributed by atoms with E-state index in [1.807, 2.05) is 22.7 Å². The molecule has 52 heavy (non-hydrogen) atoms. The Balaban J connectivity index is 1.22. The highest BCUT2D eigenvalue weighted by Crippen LogP contribution is 2.49. The molecule has 0 unspecified atom stereocenters. The van der Waals surface area contributed by atoms with Crippen molar-refractivity contribution in [3.8, 4) is 22.3 Å². The van der Waals surface area contributed by atoms with Gasteiger partial charge in [0.2, 0.25) is 0 Å². The smallest absolute Gasteiger partial charge is 0.0789 e. The molecule has 240 valence electrons. The topological polar surface area (TPSA) is 8.82 Å². The number of para-hydroxylation sites is 2. The number of hydrogen-bond acceptors (Lipinski definition) is 2. The van der Waals surface area contributed by atoms with E-state index in [-0.39, 0.29) is 0 Å². The van der Waals surface area contributed by atoms with E-state index in [9.17, 15) is 0 Å². The first-order valence-electron chi connectivity index (χ1n) is 17.8. The quantitative estimate of drug-likeness (QED) is 0.159. The lowest BCUT2D eigenvalue weighted by Gasteiger charge is -2.15. The number of benzene rings is 8. The minimum absolute atomic E-state index is 1.23. The van der Waals surface area contributed by atoms with Gasteiger partial charge in [-0.15, -0.1) is 22.7 Å². The van der Waals surface area contributed by atoms with Crippen molar-refractivity contribution >= 4 is 118 Å². The molecular weight excluding hydrogens is 669 g/mol. The minimum atomic E-state index is 1.23. The van der Waals surface area contributed by atoms with E-state index in [4.69, 9.17) is 0 Å². The molecule has 0 aliphatic carbocycles. The van der Waals surface area contributed by atoms with Crippen molar-refractivity contribution in [2.45, 2.75) is 0 Å². The fourth-order valence-corrected chi connectivity index (χ4v) is 11.8. The summed E-state index contributed by atoms with van der Waals surface area (Å²) in [5.74, 6) is 0. The van der Waals surface area contributed by atoms with Crippen LogP contribution >= 0.6 is 22.7 Å². The van der Waals surface area contributed by atoms with Gasteiger partial charge in [-0.05, 0) is 47.5 Å². The van der Waals surface area contributed by atoms with Crippen LogP contribution in [0.2, 0.25) is 0 Å². The second kappa shape index (κ2) is 9.77. The van der Waals surface area contributed by atoms with Crippen molar-refractivity contribution in [1.29, 1.82) is 0 Å². The number of nitrogens with zero attached hydrogens (tertiary/aromatic N) is 2. The second-order valence-electron chi connectivity index (χ2n) is 14.0. The summed E-state index contributed by atoms with van der Waals surface area (Å²) in [7, 11) is 0. The Morgan fingerprint density at radius 3 is 1.17 bits per heavy atom. The summed E-state index contributed by atoms with van der Waals surface area (Å²) in [6, 6.07) is 58.9. The molecule has 0 aliphatic heterocycles. The first-order valence-corrected chi connectivity index (χ1v) is 19.4. The van der Waals surface area contributed by atoms with Gasteiger partial charge in [0.05, 0.1) is 33.1 Å². The Kier molecular flexibility index (Phi) is 5.17. The Morgan fingerprint density at radius 2 is 0.692 bits per heavy atom. The van der Waals surface area contributed by atoms with Gasteiger partial charge in [0, 0.05) is 73.0 Å². The lowest BCUT2D eigenvalue weighted by molar-refractivity contribution is 1.26. The molecule has 5 aromatic heterocycles. The molecule has 0 amide bonds. The van der Waals surface area contributed by atoms with E-state index in [1.54, 1.807) is 0 Å². The van der Waals surface area contributed by atoms with Gasteiger partial charge in [0.1, 0.15) is 0 Å². The fourth-order valence-electron chi connectivity index (χ4n) is 9.39. The molecule has 5 heterocycles. The minimum Gasteiger partial charge on any atom is -0.305 e. The van der Waals surface area contributed by atoms with Gasteiger partial charge < -0.3 is 8.80 Å². The van der Waals surface area contributed by atoms with Crippen LogP contribution < -0.4 is 0 Å². The molecule has 4 heteroatoms. The molecule has 0 N–H and O–H groups in total. The van der Waals surface area contributed by atoms with E-state index >= 15 is 0 Å². The Bertz CT molecular complexity index is 3400. The van der Waals surface area contributed by atoms with E-state index < -0.39 is 0 Å². The second-order valence-corrected chi connectivity index (χ2v) is 16.1. The highest BCUT2D eigenvalue weighted by atomic mass is 32.1. The lowest BCUT2D eigenvalue weighted by atomic mass is 9.96. The molecule has 13 rings (SSSR count). The zero-order chi connectivity index (χ0) is 33.7. The van der Waals surface area contributed by atoms with Gasteiger partial charge in [0.25, 0.3) is 0 Å². The van der Waals surface area contributed by atoms with Crippen LogP contribution in [0.1, 0.15) is 0 Å².